The lowest BCUT2D eigenvalue weighted by molar-refractivity contribution is -0.144. The Balaban J connectivity index is 1.38. The van der Waals surface area contributed by atoms with E-state index >= 15 is 0 Å². The number of halogens is 3. The second-order valence-corrected chi connectivity index (χ2v) is 8.45. The van der Waals surface area contributed by atoms with Crippen LogP contribution in [0.3, 0.4) is 0 Å². The van der Waals surface area contributed by atoms with Gasteiger partial charge in [0.05, 0.1) is 17.7 Å². The van der Waals surface area contributed by atoms with E-state index in [1.165, 1.54) is 12.1 Å². The summed E-state index contributed by atoms with van der Waals surface area (Å²) in [4.78, 5) is 12.2. The molecule has 4 aliphatic carbocycles. The van der Waals surface area contributed by atoms with Crippen LogP contribution >= 0.6 is 0 Å². The number of amides is 1. The summed E-state index contributed by atoms with van der Waals surface area (Å²) >= 11 is 0. The SMILES string of the molecule is O=C(CNC12CC3CC(CC(O)(C3)C1)C2)Nc1cccc(C(F)(F)F)c1. The molecule has 0 saturated heterocycles. The molecule has 7 heteroatoms. The van der Waals surface area contributed by atoms with Crippen LogP contribution < -0.4 is 10.6 Å². The summed E-state index contributed by atoms with van der Waals surface area (Å²) < 4.78 is 38.3. The minimum Gasteiger partial charge on any atom is -0.390 e. The van der Waals surface area contributed by atoms with Gasteiger partial charge in [-0.2, -0.15) is 13.2 Å². The summed E-state index contributed by atoms with van der Waals surface area (Å²) in [7, 11) is 0. The minimum atomic E-state index is -4.44. The topological polar surface area (TPSA) is 61.4 Å². The third kappa shape index (κ3) is 3.47. The highest BCUT2D eigenvalue weighted by Crippen LogP contribution is 2.57. The molecule has 0 aromatic heterocycles. The van der Waals surface area contributed by atoms with Crippen LogP contribution in [0.4, 0.5) is 18.9 Å². The Labute approximate surface area is 150 Å². The number of anilines is 1. The maximum Gasteiger partial charge on any atom is 0.416 e. The van der Waals surface area contributed by atoms with E-state index < -0.39 is 17.3 Å². The van der Waals surface area contributed by atoms with E-state index in [1.807, 2.05) is 0 Å². The Bertz CT molecular complexity index is 705. The van der Waals surface area contributed by atoms with E-state index in [1.54, 1.807) is 0 Å². The first-order valence-electron chi connectivity index (χ1n) is 9.09. The van der Waals surface area contributed by atoms with Crippen molar-refractivity contribution in [3.8, 4) is 0 Å². The first-order valence-corrected chi connectivity index (χ1v) is 9.09. The molecule has 4 saturated carbocycles. The molecule has 0 radical (unpaired) electrons. The van der Waals surface area contributed by atoms with Crippen molar-refractivity contribution >= 4 is 11.6 Å². The smallest absolute Gasteiger partial charge is 0.390 e. The van der Waals surface area contributed by atoms with Crippen molar-refractivity contribution in [2.75, 3.05) is 11.9 Å². The fourth-order valence-corrected chi connectivity index (χ4v) is 5.67. The van der Waals surface area contributed by atoms with Crippen LogP contribution in [0.25, 0.3) is 0 Å². The van der Waals surface area contributed by atoms with E-state index in [2.05, 4.69) is 10.6 Å². The Morgan fingerprint density at radius 1 is 1.19 bits per heavy atom. The number of hydrogen-bond donors (Lipinski definition) is 3. The van der Waals surface area contributed by atoms with E-state index in [0.29, 0.717) is 18.3 Å². The molecule has 1 amide bonds. The lowest BCUT2D eigenvalue weighted by Gasteiger charge is -2.60. The molecule has 4 bridgehead atoms. The molecule has 4 fully saturated rings. The van der Waals surface area contributed by atoms with Gasteiger partial charge in [0, 0.05) is 11.2 Å². The minimum absolute atomic E-state index is 0.0335. The second kappa shape index (κ2) is 5.96. The van der Waals surface area contributed by atoms with Gasteiger partial charge in [-0.05, 0) is 68.6 Å². The summed E-state index contributed by atoms with van der Waals surface area (Å²) in [6.07, 6.45) is 0.998. The van der Waals surface area contributed by atoms with Crippen LogP contribution in [0.2, 0.25) is 0 Å². The molecule has 4 aliphatic rings. The Morgan fingerprint density at radius 2 is 1.88 bits per heavy atom. The van der Waals surface area contributed by atoms with E-state index in [-0.39, 0.29) is 23.7 Å². The third-order valence-electron chi connectivity index (χ3n) is 6.13. The molecule has 1 aromatic carbocycles. The molecule has 0 aliphatic heterocycles. The molecule has 1 aromatic rings. The highest BCUT2D eigenvalue weighted by atomic mass is 19.4. The summed E-state index contributed by atoms with van der Waals surface area (Å²) in [5, 5.41) is 16.6. The molecule has 5 rings (SSSR count). The molecule has 0 spiro atoms. The van der Waals surface area contributed by atoms with Crippen molar-refractivity contribution in [2.45, 2.75) is 55.8 Å². The maximum absolute atomic E-state index is 12.8. The highest BCUT2D eigenvalue weighted by molar-refractivity contribution is 5.92. The van der Waals surface area contributed by atoms with Crippen molar-refractivity contribution in [3.05, 3.63) is 29.8 Å². The van der Waals surface area contributed by atoms with Crippen molar-refractivity contribution in [1.29, 1.82) is 0 Å². The summed E-state index contributed by atoms with van der Waals surface area (Å²) in [5.41, 5.74) is -1.49. The van der Waals surface area contributed by atoms with E-state index in [4.69, 9.17) is 0 Å². The van der Waals surface area contributed by atoms with Gasteiger partial charge in [-0.1, -0.05) is 6.07 Å². The predicted octanol–water partition coefficient (Wildman–Crippen LogP) is 3.32. The van der Waals surface area contributed by atoms with Gasteiger partial charge in [0.2, 0.25) is 5.91 Å². The monoisotopic (exact) mass is 368 g/mol. The Hall–Kier alpha value is -1.60. The summed E-state index contributed by atoms with van der Waals surface area (Å²) in [6, 6.07) is 4.64. The number of alkyl halides is 3. The molecule has 2 unspecified atom stereocenters. The fraction of sp³-hybridized carbons (Fsp3) is 0.632. The van der Waals surface area contributed by atoms with Crippen molar-refractivity contribution < 1.29 is 23.1 Å². The molecule has 3 N–H and O–H groups in total. The Kier molecular flexibility index (Phi) is 4.08. The Morgan fingerprint density at radius 3 is 2.50 bits per heavy atom. The van der Waals surface area contributed by atoms with Crippen LogP contribution in [0, 0.1) is 11.8 Å². The van der Waals surface area contributed by atoms with Crippen LogP contribution in [0.15, 0.2) is 24.3 Å². The highest BCUT2D eigenvalue weighted by Gasteiger charge is 2.57. The zero-order valence-electron chi connectivity index (χ0n) is 14.4. The number of carbonyl (C=O) groups is 1. The number of hydrogen-bond acceptors (Lipinski definition) is 3. The second-order valence-electron chi connectivity index (χ2n) is 8.45. The number of benzene rings is 1. The first kappa shape index (κ1) is 17.8. The number of aliphatic hydroxyl groups is 1. The molecule has 26 heavy (non-hydrogen) atoms. The molecule has 2 atom stereocenters. The van der Waals surface area contributed by atoms with Gasteiger partial charge in [0.15, 0.2) is 0 Å². The zero-order valence-corrected chi connectivity index (χ0v) is 14.4. The lowest BCUT2D eigenvalue weighted by Crippen LogP contribution is -2.65. The van der Waals surface area contributed by atoms with Crippen LogP contribution in [0.1, 0.15) is 44.1 Å². The zero-order chi connectivity index (χ0) is 18.6. The lowest BCUT2D eigenvalue weighted by atomic mass is 9.51. The van der Waals surface area contributed by atoms with Crippen molar-refractivity contribution in [1.82, 2.24) is 5.32 Å². The van der Waals surface area contributed by atoms with Crippen LogP contribution in [0.5, 0.6) is 0 Å². The number of nitrogens with one attached hydrogen (secondary N) is 2. The summed E-state index contributed by atoms with van der Waals surface area (Å²) in [5.74, 6) is 0.632. The first-order chi connectivity index (χ1) is 12.1. The van der Waals surface area contributed by atoms with Gasteiger partial charge in [0.25, 0.3) is 0 Å². The normalized spacial score (nSPS) is 35.5. The molecule has 0 heterocycles. The molecule has 4 nitrogen and oxygen atoms in total. The van der Waals surface area contributed by atoms with Gasteiger partial charge in [-0.3, -0.25) is 4.79 Å². The van der Waals surface area contributed by atoms with Gasteiger partial charge in [-0.25, -0.2) is 0 Å². The fourth-order valence-electron chi connectivity index (χ4n) is 5.67. The quantitative estimate of drug-likeness (QED) is 0.764. The van der Waals surface area contributed by atoms with Gasteiger partial charge in [0.1, 0.15) is 0 Å². The predicted molar refractivity (Wildman–Crippen MR) is 90.4 cm³/mol. The maximum atomic E-state index is 12.8. The average Bonchev–Trinajstić information content (AvgIpc) is 2.50. The largest absolute Gasteiger partial charge is 0.416 e. The van der Waals surface area contributed by atoms with Gasteiger partial charge >= 0.3 is 6.18 Å². The average molecular weight is 368 g/mol. The van der Waals surface area contributed by atoms with Crippen LogP contribution in [-0.2, 0) is 11.0 Å². The standard InChI is InChI=1S/C19H23F3N2O2/c20-19(21,22)14-2-1-3-15(5-14)24-16(25)10-23-17-6-12-4-13(7-17)9-18(26,8-12)11-17/h1-3,5,12-13,23,26H,4,6-11H2,(H,24,25). The van der Waals surface area contributed by atoms with Gasteiger partial charge in [-0.15, -0.1) is 0 Å². The summed E-state index contributed by atoms with van der Waals surface area (Å²) in [6.45, 7) is 0.0335. The van der Waals surface area contributed by atoms with Crippen LogP contribution in [-0.4, -0.2) is 28.7 Å². The van der Waals surface area contributed by atoms with E-state index in [0.717, 1.165) is 44.2 Å². The van der Waals surface area contributed by atoms with Crippen molar-refractivity contribution in [2.24, 2.45) is 11.8 Å². The molecular formula is C19H23F3N2O2. The van der Waals surface area contributed by atoms with Crippen molar-refractivity contribution in [3.63, 3.8) is 0 Å². The van der Waals surface area contributed by atoms with E-state index in [9.17, 15) is 23.1 Å². The number of carbonyl (C=O) groups excluding carboxylic acids is 1. The number of rotatable bonds is 4. The third-order valence-corrected chi connectivity index (χ3v) is 6.13. The van der Waals surface area contributed by atoms with Gasteiger partial charge < -0.3 is 15.7 Å². The molecule has 142 valence electrons. The molecular weight excluding hydrogens is 345 g/mol.